The molecule has 2 aromatic carbocycles. The monoisotopic (exact) mass is 323 g/mol. The number of aryl methyl sites for hydroxylation is 2. The number of hydrogen-bond donors (Lipinski definition) is 1. The molecule has 0 unspecified atom stereocenters. The lowest BCUT2D eigenvalue weighted by molar-refractivity contribution is 0.441. The third kappa shape index (κ3) is 3.14. The molecule has 2 N–H and O–H groups in total. The van der Waals surface area contributed by atoms with Crippen LogP contribution in [0.4, 0.5) is 4.39 Å². The zero-order valence-electron chi connectivity index (χ0n) is 10.8. The van der Waals surface area contributed by atoms with Gasteiger partial charge in [-0.25, -0.2) is 4.39 Å². The van der Waals surface area contributed by atoms with E-state index in [2.05, 4.69) is 15.9 Å². The van der Waals surface area contributed by atoms with Gasteiger partial charge in [0.15, 0.2) is 11.6 Å². The van der Waals surface area contributed by atoms with Gasteiger partial charge < -0.3 is 10.5 Å². The number of benzene rings is 2. The van der Waals surface area contributed by atoms with E-state index in [4.69, 9.17) is 10.5 Å². The van der Waals surface area contributed by atoms with E-state index in [-0.39, 0.29) is 5.75 Å². The Hall–Kier alpha value is -1.39. The Morgan fingerprint density at radius 3 is 2.32 bits per heavy atom. The molecule has 100 valence electrons. The molecule has 0 heterocycles. The molecule has 0 spiro atoms. The van der Waals surface area contributed by atoms with Crippen molar-refractivity contribution >= 4 is 15.9 Å². The zero-order valence-corrected chi connectivity index (χ0v) is 12.4. The average Bonchev–Trinajstić information content (AvgIpc) is 2.38. The lowest BCUT2D eigenvalue weighted by Gasteiger charge is -2.11. The van der Waals surface area contributed by atoms with E-state index in [1.165, 1.54) is 6.07 Å². The maximum Gasteiger partial charge on any atom is 0.166 e. The molecule has 19 heavy (non-hydrogen) atoms. The van der Waals surface area contributed by atoms with Crippen molar-refractivity contribution in [3.63, 3.8) is 0 Å². The van der Waals surface area contributed by atoms with Crippen LogP contribution in [-0.2, 0) is 6.54 Å². The van der Waals surface area contributed by atoms with Crippen LogP contribution < -0.4 is 10.5 Å². The summed E-state index contributed by atoms with van der Waals surface area (Å²) in [4.78, 5) is 0. The largest absolute Gasteiger partial charge is 0.454 e. The first-order valence-electron chi connectivity index (χ1n) is 5.94. The first-order valence-corrected chi connectivity index (χ1v) is 6.73. The summed E-state index contributed by atoms with van der Waals surface area (Å²) in [5.74, 6) is 0.428. The lowest BCUT2D eigenvalue weighted by Crippen LogP contribution is -1.98. The summed E-state index contributed by atoms with van der Waals surface area (Å²) >= 11 is 3.49. The molecule has 2 rings (SSSR count). The minimum atomic E-state index is -0.402. The van der Waals surface area contributed by atoms with Gasteiger partial charge in [0.2, 0.25) is 0 Å². The van der Waals surface area contributed by atoms with Crippen molar-refractivity contribution in [2.24, 2.45) is 5.73 Å². The third-order valence-corrected chi connectivity index (χ3v) is 4.12. The molecule has 2 nitrogen and oxygen atoms in total. The molecule has 0 saturated heterocycles. The standard InChI is InChI=1S/C15H15BrFNO/c1-9-5-12(6-10(2)15(9)16)19-14-4-3-11(8-18)7-13(14)17/h3-7H,8,18H2,1-2H3. The summed E-state index contributed by atoms with van der Waals surface area (Å²) in [7, 11) is 0. The SMILES string of the molecule is Cc1cc(Oc2ccc(CN)cc2F)cc(C)c1Br. The van der Waals surface area contributed by atoms with Gasteiger partial charge in [-0.1, -0.05) is 22.0 Å². The molecular weight excluding hydrogens is 309 g/mol. The third-order valence-electron chi connectivity index (χ3n) is 2.87. The highest BCUT2D eigenvalue weighted by Gasteiger charge is 2.08. The van der Waals surface area contributed by atoms with Crippen molar-refractivity contribution in [1.82, 2.24) is 0 Å². The van der Waals surface area contributed by atoms with Crippen LogP contribution in [0, 0.1) is 19.7 Å². The summed E-state index contributed by atoms with van der Waals surface area (Å²) in [5, 5.41) is 0. The number of halogens is 2. The Morgan fingerprint density at radius 2 is 1.79 bits per heavy atom. The highest BCUT2D eigenvalue weighted by atomic mass is 79.9. The number of ether oxygens (including phenoxy) is 1. The maximum absolute atomic E-state index is 13.8. The van der Waals surface area contributed by atoms with E-state index in [1.807, 2.05) is 26.0 Å². The minimum Gasteiger partial charge on any atom is -0.454 e. The molecule has 0 atom stereocenters. The molecule has 0 aliphatic carbocycles. The Morgan fingerprint density at radius 1 is 1.16 bits per heavy atom. The van der Waals surface area contributed by atoms with Crippen LogP contribution in [0.1, 0.15) is 16.7 Å². The van der Waals surface area contributed by atoms with Gasteiger partial charge in [0, 0.05) is 11.0 Å². The van der Waals surface area contributed by atoms with Gasteiger partial charge in [-0.2, -0.15) is 0 Å². The van der Waals surface area contributed by atoms with Crippen LogP contribution in [-0.4, -0.2) is 0 Å². The van der Waals surface area contributed by atoms with Gasteiger partial charge in [-0.15, -0.1) is 0 Å². The highest BCUT2D eigenvalue weighted by molar-refractivity contribution is 9.10. The van der Waals surface area contributed by atoms with Crippen molar-refractivity contribution in [3.05, 3.63) is 57.3 Å². The summed E-state index contributed by atoms with van der Waals surface area (Å²) in [6.07, 6.45) is 0. The minimum absolute atomic E-state index is 0.207. The normalized spacial score (nSPS) is 10.6. The second-order valence-corrected chi connectivity index (χ2v) is 5.24. The van der Waals surface area contributed by atoms with E-state index in [1.54, 1.807) is 12.1 Å². The molecule has 0 aliphatic heterocycles. The Balaban J connectivity index is 2.31. The number of hydrogen-bond acceptors (Lipinski definition) is 2. The summed E-state index contributed by atoms with van der Waals surface area (Å²) in [6, 6.07) is 8.50. The van der Waals surface area contributed by atoms with Gasteiger partial charge in [0.05, 0.1) is 0 Å². The molecule has 0 aliphatic rings. The fourth-order valence-corrected chi connectivity index (χ4v) is 2.08. The van der Waals surface area contributed by atoms with E-state index in [0.717, 1.165) is 21.2 Å². The fourth-order valence-electron chi connectivity index (χ4n) is 1.85. The molecule has 0 radical (unpaired) electrons. The molecule has 2 aromatic rings. The van der Waals surface area contributed by atoms with E-state index in [0.29, 0.717) is 12.3 Å². The molecule has 0 amide bonds. The van der Waals surface area contributed by atoms with Gasteiger partial charge >= 0.3 is 0 Å². The van der Waals surface area contributed by atoms with Crippen molar-refractivity contribution in [2.75, 3.05) is 0 Å². The number of nitrogens with two attached hydrogens (primary N) is 1. The van der Waals surface area contributed by atoms with Crippen molar-refractivity contribution in [3.8, 4) is 11.5 Å². The summed E-state index contributed by atoms with van der Waals surface area (Å²) in [6.45, 7) is 4.25. The Labute approximate surface area is 120 Å². The first kappa shape index (κ1) is 14.0. The van der Waals surface area contributed by atoms with Gasteiger partial charge in [-0.05, 0) is 54.8 Å². The van der Waals surface area contributed by atoms with E-state index in [9.17, 15) is 4.39 Å². The molecule has 0 aromatic heterocycles. The average molecular weight is 324 g/mol. The predicted octanol–water partition coefficient (Wildman–Crippen LogP) is 4.46. The number of rotatable bonds is 3. The summed E-state index contributed by atoms with van der Waals surface area (Å²) < 4.78 is 20.4. The van der Waals surface area contributed by atoms with Crippen LogP contribution in [0.2, 0.25) is 0 Å². The molecule has 0 bridgehead atoms. The van der Waals surface area contributed by atoms with Gasteiger partial charge in [-0.3, -0.25) is 0 Å². The highest BCUT2D eigenvalue weighted by Crippen LogP contribution is 2.30. The Kier molecular flexibility index (Phi) is 4.22. The first-order chi connectivity index (χ1) is 9.01. The molecule has 0 fully saturated rings. The van der Waals surface area contributed by atoms with Crippen LogP contribution in [0.3, 0.4) is 0 Å². The van der Waals surface area contributed by atoms with Crippen molar-refractivity contribution < 1.29 is 9.13 Å². The molecule has 4 heteroatoms. The van der Waals surface area contributed by atoms with Crippen LogP contribution in [0.15, 0.2) is 34.8 Å². The van der Waals surface area contributed by atoms with Crippen molar-refractivity contribution in [1.29, 1.82) is 0 Å². The molecular formula is C15H15BrFNO. The van der Waals surface area contributed by atoms with Crippen LogP contribution >= 0.6 is 15.9 Å². The van der Waals surface area contributed by atoms with Gasteiger partial charge in [0.25, 0.3) is 0 Å². The Bertz CT molecular complexity index is 590. The summed E-state index contributed by atoms with van der Waals surface area (Å²) in [5.41, 5.74) is 8.31. The second kappa shape index (κ2) is 5.72. The smallest absolute Gasteiger partial charge is 0.166 e. The topological polar surface area (TPSA) is 35.2 Å². The predicted molar refractivity (Wildman–Crippen MR) is 78.0 cm³/mol. The van der Waals surface area contributed by atoms with Crippen molar-refractivity contribution in [2.45, 2.75) is 20.4 Å². The van der Waals surface area contributed by atoms with E-state index < -0.39 is 5.82 Å². The van der Waals surface area contributed by atoms with Crippen LogP contribution in [0.25, 0.3) is 0 Å². The van der Waals surface area contributed by atoms with Crippen LogP contribution in [0.5, 0.6) is 11.5 Å². The van der Waals surface area contributed by atoms with E-state index >= 15 is 0 Å². The van der Waals surface area contributed by atoms with Gasteiger partial charge in [0.1, 0.15) is 5.75 Å². The quantitative estimate of drug-likeness (QED) is 0.905. The maximum atomic E-state index is 13.8. The molecule has 0 saturated carbocycles. The lowest BCUT2D eigenvalue weighted by atomic mass is 10.1. The zero-order chi connectivity index (χ0) is 14.0. The second-order valence-electron chi connectivity index (χ2n) is 4.44. The fraction of sp³-hybridized carbons (Fsp3) is 0.200.